The van der Waals surface area contributed by atoms with Gasteiger partial charge in [-0.3, -0.25) is 0 Å². The van der Waals surface area contributed by atoms with Crippen LogP contribution in [0.1, 0.15) is 5.69 Å². The highest BCUT2D eigenvalue weighted by Gasteiger charge is 2.14. The molecule has 5 rings (SSSR count). The Morgan fingerprint density at radius 1 is 0.967 bits per heavy atom. The van der Waals surface area contributed by atoms with Crippen molar-refractivity contribution in [3.8, 4) is 22.7 Å². The van der Waals surface area contributed by atoms with Gasteiger partial charge in [0, 0.05) is 24.4 Å². The number of nitrogens with zero attached hydrogens (tertiary/aromatic N) is 4. The number of anilines is 2. The lowest BCUT2D eigenvalue weighted by Gasteiger charge is -2.07. The summed E-state index contributed by atoms with van der Waals surface area (Å²) in [6.45, 7) is 1.89. The predicted octanol–water partition coefficient (Wildman–Crippen LogP) is 5.48. The van der Waals surface area contributed by atoms with Crippen molar-refractivity contribution in [3.05, 3.63) is 78.7 Å². The van der Waals surface area contributed by atoms with E-state index in [1.165, 1.54) is 18.5 Å². The minimum atomic E-state index is -0.269. The van der Waals surface area contributed by atoms with Crippen LogP contribution in [0.25, 0.3) is 33.7 Å². The maximum atomic E-state index is 13.3. The molecule has 0 radical (unpaired) electrons. The van der Waals surface area contributed by atoms with E-state index in [-0.39, 0.29) is 5.82 Å². The van der Waals surface area contributed by atoms with Crippen LogP contribution >= 0.6 is 0 Å². The highest BCUT2D eigenvalue weighted by molar-refractivity contribution is 5.92. The fourth-order valence-corrected chi connectivity index (χ4v) is 3.49. The van der Waals surface area contributed by atoms with Crippen molar-refractivity contribution in [2.45, 2.75) is 6.92 Å². The van der Waals surface area contributed by atoms with Gasteiger partial charge in [0.2, 0.25) is 0 Å². The number of hydrogen-bond acceptors (Lipinski definition) is 5. The Labute approximate surface area is 172 Å². The van der Waals surface area contributed by atoms with Crippen LogP contribution in [0.15, 0.2) is 71.6 Å². The number of aryl methyl sites for hydroxylation is 2. The van der Waals surface area contributed by atoms with Crippen LogP contribution in [0, 0.1) is 12.7 Å². The molecule has 0 fully saturated rings. The highest BCUT2D eigenvalue weighted by atomic mass is 19.1. The van der Waals surface area contributed by atoms with Gasteiger partial charge < -0.3 is 14.3 Å². The van der Waals surface area contributed by atoms with Gasteiger partial charge in [-0.05, 0) is 55.5 Å². The Hall–Kier alpha value is -4.00. The van der Waals surface area contributed by atoms with E-state index in [4.69, 9.17) is 9.40 Å². The number of pyridine rings is 1. The van der Waals surface area contributed by atoms with Crippen LogP contribution in [-0.2, 0) is 7.05 Å². The first-order valence-electron chi connectivity index (χ1n) is 9.45. The van der Waals surface area contributed by atoms with E-state index in [9.17, 15) is 4.39 Å². The molecule has 0 atom stereocenters. The van der Waals surface area contributed by atoms with E-state index >= 15 is 0 Å². The number of aromatic nitrogens is 4. The number of halogens is 1. The molecule has 30 heavy (non-hydrogen) atoms. The number of hydrogen-bond donors (Lipinski definition) is 1. The zero-order valence-corrected chi connectivity index (χ0v) is 16.4. The Kier molecular flexibility index (Phi) is 4.28. The minimum Gasteiger partial charge on any atom is -0.443 e. The van der Waals surface area contributed by atoms with Crippen LogP contribution in [-0.4, -0.2) is 19.5 Å². The molecule has 0 unspecified atom stereocenters. The van der Waals surface area contributed by atoms with Crippen LogP contribution in [0.2, 0.25) is 0 Å². The van der Waals surface area contributed by atoms with Crippen molar-refractivity contribution in [1.29, 1.82) is 0 Å². The molecule has 2 aromatic carbocycles. The second kappa shape index (κ2) is 7.11. The van der Waals surface area contributed by atoms with Crippen molar-refractivity contribution >= 4 is 22.5 Å². The maximum Gasteiger partial charge on any atom is 0.181 e. The molecule has 7 heteroatoms. The molecule has 3 aromatic heterocycles. The third-order valence-corrected chi connectivity index (χ3v) is 5.05. The molecule has 1 N–H and O–H groups in total. The van der Waals surface area contributed by atoms with Gasteiger partial charge in [0.25, 0.3) is 0 Å². The normalized spacial score (nSPS) is 11.2. The fraction of sp³-hybridized carbons (Fsp3) is 0.0870. The molecule has 0 aliphatic rings. The molecule has 5 aromatic rings. The van der Waals surface area contributed by atoms with Crippen LogP contribution in [0.4, 0.5) is 15.9 Å². The third-order valence-electron chi connectivity index (χ3n) is 5.05. The van der Waals surface area contributed by atoms with Gasteiger partial charge in [-0.15, -0.1) is 0 Å². The SMILES string of the molecule is Cc1ncoc1-c1ccc(Nc2cccc3c2nc(-c2ccc(F)cc2)n3C)nc1. The fourth-order valence-electron chi connectivity index (χ4n) is 3.49. The molecule has 0 spiro atoms. The second-order valence-corrected chi connectivity index (χ2v) is 7.00. The molecule has 0 amide bonds. The summed E-state index contributed by atoms with van der Waals surface area (Å²) in [7, 11) is 1.95. The van der Waals surface area contributed by atoms with Crippen LogP contribution in [0.5, 0.6) is 0 Å². The van der Waals surface area contributed by atoms with Gasteiger partial charge in [0.15, 0.2) is 12.2 Å². The van der Waals surface area contributed by atoms with Gasteiger partial charge >= 0.3 is 0 Å². The number of fused-ring (bicyclic) bond motifs is 1. The van der Waals surface area contributed by atoms with Crippen molar-refractivity contribution < 1.29 is 8.81 Å². The summed E-state index contributed by atoms with van der Waals surface area (Å²) in [4.78, 5) is 13.4. The van der Waals surface area contributed by atoms with Crippen LogP contribution in [0.3, 0.4) is 0 Å². The number of para-hydroxylation sites is 1. The van der Waals surface area contributed by atoms with E-state index in [1.54, 1.807) is 18.3 Å². The lowest BCUT2D eigenvalue weighted by molar-refractivity contribution is 0.571. The summed E-state index contributed by atoms with van der Waals surface area (Å²) in [6, 6.07) is 16.1. The van der Waals surface area contributed by atoms with E-state index < -0.39 is 0 Å². The summed E-state index contributed by atoms with van der Waals surface area (Å²) < 4.78 is 20.7. The van der Waals surface area contributed by atoms with E-state index in [0.29, 0.717) is 11.6 Å². The largest absolute Gasteiger partial charge is 0.443 e. The molecule has 0 saturated carbocycles. The number of benzene rings is 2. The first kappa shape index (κ1) is 18.1. The molecule has 3 heterocycles. The smallest absolute Gasteiger partial charge is 0.181 e. The molecular formula is C23H18FN5O. The zero-order valence-electron chi connectivity index (χ0n) is 16.4. The first-order chi connectivity index (χ1) is 14.6. The maximum absolute atomic E-state index is 13.3. The number of imidazole rings is 1. The molecule has 0 saturated heterocycles. The predicted molar refractivity (Wildman–Crippen MR) is 114 cm³/mol. The van der Waals surface area contributed by atoms with Gasteiger partial charge in [-0.2, -0.15) is 0 Å². The Bertz CT molecular complexity index is 1340. The molecule has 6 nitrogen and oxygen atoms in total. The van der Waals surface area contributed by atoms with E-state index in [1.807, 2.05) is 48.9 Å². The average molecular weight is 399 g/mol. The monoisotopic (exact) mass is 399 g/mol. The Morgan fingerprint density at radius 2 is 1.77 bits per heavy atom. The average Bonchev–Trinajstić information content (AvgIpc) is 3.33. The molecule has 0 bridgehead atoms. The van der Waals surface area contributed by atoms with Crippen LogP contribution < -0.4 is 5.32 Å². The van der Waals surface area contributed by atoms with Gasteiger partial charge in [-0.25, -0.2) is 19.3 Å². The summed E-state index contributed by atoms with van der Waals surface area (Å²) in [6.07, 6.45) is 3.18. The van der Waals surface area contributed by atoms with Gasteiger partial charge in [-0.1, -0.05) is 6.07 Å². The minimum absolute atomic E-state index is 0.269. The summed E-state index contributed by atoms with van der Waals surface area (Å²) in [5.74, 6) is 1.90. The van der Waals surface area contributed by atoms with Crippen molar-refractivity contribution in [2.75, 3.05) is 5.32 Å². The van der Waals surface area contributed by atoms with Crippen molar-refractivity contribution in [1.82, 2.24) is 19.5 Å². The molecule has 0 aliphatic carbocycles. The van der Waals surface area contributed by atoms with Gasteiger partial charge in [0.1, 0.15) is 23.0 Å². The lowest BCUT2D eigenvalue weighted by atomic mass is 10.2. The first-order valence-corrected chi connectivity index (χ1v) is 9.45. The summed E-state index contributed by atoms with van der Waals surface area (Å²) >= 11 is 0. The third kappa shape index (κ3) is 3.10. The number of oxazole rings is 1. The van der Waals surface area contributed by atoms with Crippen molar-refractivity contribution in [2.24, 2.45) is 7.05 Å². The number of nitrogens with one attached hydrogen (secondary N) is 1. The molecule has 0 aliphatic heterocycles. The van der Waals surface area contributed by atoms with Gasteiger partial charge in [0.05, 0.1) is 16.9 Å². The summed E-state index contributed by atoms with van der Waals surface area (Å²) in [5, 5.41) is 3.34. The van der Waals surface area contributed by atoms with E-state index in [2.05, 4.69) is 15.3 Å². The molecule has 148 valence electrons. The highest BCUT2D eigenvalue weighted by Crippen LogP contribution is 2.30. The lowest BCUT2D eigenvalue weighted by Crippen LogP contribution is -1.95. The standard InChI is InChI=1S/C23H18FN5O/c1-14-22(30-13-26-14)16-8-11-20(25-12-16)27-18-4-3-5-19-21(18)28-23(29(19)2)15-6-9-17(24)10-7-15/h3-13H,1-2H3,(H,25,27). The Balaban J connectivity index is 1.50. The molecular weight excluding hydrogens is 381 g/mol. The summed E-state index contributed by atoms with van der Waals surface area (Å²) in [5.41, 5.74) is 5.16. The zero-order chi connectivity index (χ0) is 20.7. The topological polar surface area (TPSA) is 68.8 Å². The Morgan fingerprint density at radius 3 is 2.47 bits per heavy atom. The second-order valence-electron chi connectivity index (χ2n) is 7.00. The van der Waals surface area contributed by atoms with Crippen molar-refractivity contribution in [3.63, 3.8) is 0 Å². The number of rotatable bonds is 4. The quantitative estimate of drug-likeness (QED) is 0.433. The van der Waals surface area contributed by atoms with E-state index in [0.717, 1.165) is 39.4 Å².